The van der Waals surface area contributed by atoms with Crippen molar-refractivity contribution in [3.05, 3.63) is 76.8 Å². The van der Waals surface area contributed by atoms with Gasteiger partial charge in [-0.05, 0) is 60.7 Å². The van der Waals surface area contributed by atoms with Gasteiger partial charge in [0.2, 0.25) is 5.89 Å². The second-order valence-corrected chi connectivity index (χ2v) is 7.64. The van der Waals surface area contributed by atoms with Gasteiger partial charge in [0.25, 0.3) is 5.91 Å². The van der Waals surface area contributed by atoms with E-state index in [2.05, 4.69) is 31.5 Å². The number of carbonyl (C=O) groups excluding carboxylic acids is 1. The normalized spacial score (nSPS) is 10.6. The van der Waals surface area contributed by atoms with Gasteiger partial charge >= 0.3 is 0 Å². The van der Waals surface area contributed by atoms with Crippen LogP contribution in [0.25, 0.3) is 22.6 Å². The van der Waals surface area contributed by atoms with E-state index in [9.17, 15) is 4.79 Å². The lowest BCUT2D eigenvalue weighted by molar-refractivity contribution is 0.0975. The first kappa shape index (κ1) is 20.1. The van der Waals surface area contributed by atoms with Gasteiger partial charge in [0, 0.05) is 15.7 Å². The number of anilines is 1. The maximum Gasteiger partial charge on any atom is 0.261 e. The Morgan fingerprint density at radius 1 is 1.10 bits per heavy atom. The van der Waals surface area contributed by atoms with Crippen LogP contribution in [0, 0.1) is 0 Å². The highest BCUT2D eigenvalue weighted by molar-refractivity contribution is 9.10. The van der Waals surface area contributed by atoms with Gasteiger partial charge in [-0.1, -0.05) is 34.1 Å². The molecule has 1 heterocycles. The summed E-state index contributed by atoms with van der Waals surface area (Å²) in [6.45, 7) is 0. The number of para-hydroxylation sites is 1. The van der Waals surface area contributed by atoms with Crippen LogP contribution >= 0.6 is 28.1 Å². The summed E-state index contributed by atoms with van der Waals surface area (Å²) >= 11 is 8.73. The third kappa shape index (κ3) is 4.34. The Morgan fingerprint density at radius 2 is 1.93 bits per heavy atom. The number of methoxy groups -OCH3 is 1. The SMILES string of the molecule is COc1ccccc1C(=O)NC(=S)Nc1ccc2oc(-c3cccc(Br)c3)nc2c1. The van der Waals surface area contributed by atoms with Gasteiger partial charge in [-0.15, -0.1) is 0 Å². The maximum atomic E-state index is 12.5. The summed E-state index contributed by atoms with van der Waals surface area (Å²) in [5, 5.41) is 5.82. The number of amides is 1. The fourth-order valence-corrected chi connectivity index (χ4v) is 3.52. The van der Waals surface area contributed by atoms with Crippen molar-refractivity contribution >= 4 is 56.0 Å². The van der Waals surface area contributed by atoms with E-state index < -0.39 is 0 Å². The third-order valence-electron chi connectivity index (χ3n) is 4.30. The number of rotatable bonds is 4. The molecular formula is C22H16BrN3O3S. The second kappa shape index (κ2) is 8.64. The molecule has 1 amide bonds. The average molecular weight is 482 g/mol. The molecule has 6 nitrogen and oxygen atoms in total. The van der Waals surface area contributed by atoms with E-state index in [1.165, 1.54) is 7.11 Å². The number of carbonyl (C=O) groups is 1. The summed E-state index contributed by atoms with van der Waals surface area (Å²) in [4.78, 5) is 17.0. The highest BCUT2D eigenvalue weighted by atomic mass is 79.9. The molecule has 150 valence electrons. The minimum Gasteiger partial charge on any atom is -0.496 e. The summed E-state index contributed by atoms with van der Waals surface area (Å²) in [5.74, 6) is 0.641. The van der Waals surface area contributed by atoms with Crippen LogP contribution in [-0.2, 0) is 0 Å². The van der Waals surface area contributed by atoms with E-state index in [4.69, 9.17) is 21.4 Å². The molecule has 0 radical (unpaired) electrons. The number of halogens is 1. The zero-order valence-electron chi connectivity index (χ0n) is 15.8. The van der Waals surface area contributed by atoms with Crippen molar-refractivity contribution in [2.45, 2.75) is 0 Å². The molecule has 0 saturated carbocycles. The molecule has 0 fully saturated rings. The number of nitrogens with zero attached hydrogens (tertiary/aromatic N) is 1. The highest BCUT2D eigenvalue weighted by Gasteiger charge is 2.14. The quantitative estimate of drug-likeness (QED) is 0.380. The minimum absolute atomic E-state index is 0.168. The standard InChI is InChI=1S/C22H16BrN3O3S/c1-28-18-8-3-2-7-16(18)20(27)26-22(30)24-15-9-10-19-17(12-15)25-21(29-19)13-5-4-6-14(23)11-13/h2-12H,1H3,(H2,24,26,27,30). The van der Waals surface area contributed by atoms with Gasteiger partial charge < -0.3 is 14.5 Å². The number of fused-ring (bicyclic) bond motifs is 1. The van der Waals surface area contributed by atoms with Crippen molar-refractivity contribution in [3.63, 3.8) is 0 Å². The molecule has 0 aliphatic carbocycles. The van der Waals surface area contributed by atoms with E-state index in [-0.39, 0.29) is 11.0 Å². The van der Waals surface area contributed by atoms with Gasteiger partial charge in [0.15, 0.2) is 10.7 Å². The smallest absolute Gasteiger partial charge is 0.261 e. The first-order chi connectivity index (χ1) is 14.5. The van der Waals surface area contributed by atoms with E-state index in [0.717, 1.165) is 10.0 Å². The van der Waals surface area contributed by atoms with Crippen molar-refractivity contribution < 1.29 is 13.9 Å². The van der Waals surface area contributed by atoms with Crippen LogP contribution in [0.4, 0.5) is 5.69 Å². The number of ether oxygens (including phenoxy) is 1. The largest absolute Gasteiger partial charge is 0.496 e. The highest BCUT2D eigenvalue weighted by Crippen LogP contribution is 2.27. The molecule has 4 aromatic rings. The molecule has 1 aromatic heterocycles. The first-order valence-corrected chi connectivity index (χ1v) is 10.2. The van der Waals surface area contributed by atoms with Crippen LogP contribution in [0.1, 0.15) is 10.4 Å². The number of oxazole rings is 1. The monoisotopic (exact) mass is 481 g/mol. The molecule has 0 spiro atoms. The van der Waals surface area contributed by atoms with Crippen LogP contribution in [0.5, 0.6) is 5.75 Å². The van der Waals surface area contributed by atoms with Crippen LogP contribution in [0.15, 0.2) is 75.6 Å². The summed E-state index contributed by atoms with van der Waals surface area (Å²) in [6.07, 6.45) is 0. The third-order valence-corrected chi connectivity index (χ3v) is 4.99. The van der Waals surface area contributed by atoms with Crippen molar-refractivity contribution in [2.24, 2.45) is 0 Å². The molecule has 0 aliphatic heterocycles. The number of aromatic nitrogens is 1. The van der Waals surface area contributed by atoms with Crippen molar-refractivity contribution in [1.29, 1.82) is 0 Å². The molecule has 0 atom stereocenters. The Hall–Kier alpha value is -3.23. The fourth-order valence-electron chi connectivity index (χ4n) is 2.92. The molecule has 0 bridgehead atoms. The molecule has 2 N–H and O–H groups in total. The Kier molecular flexibility index (Phi) is 5.78. The number of hydrogen-bond acceptors (Lipinski definition) is 5. The van der Waals surface area contributed by atoms with Crippen LogP contribution in [0.2, 0.25) is 0 Å². The first-order valence-electron chi connectivity index (χ1n) is 8.95. The summed E-state index contributed by atoms with van der Waals surface area (Å²) in [7, 11) is 1.51. The lowest BCUT2D eigenvalue weighted by atomic mass is 10.2. The zero-order chi connectivity index (χ0) is 21.1. The van der Waals surface area contributed by atoms with E-state index in [1.807, 2.05) is 30.3 Å². The summed E-state index contributed by atoms with van der Waals surface area (Å²) in [5.41, 5.74) is 3.28. The zero-order valence-corrected chi connectivity index (χ0v) is 18.2. The Balaban J connectivity index is 1.49. The summed E-state index contributed by atoms with van der Waals surface area (Å²) in [6, 6.07) is 20.1. The van der Waals surface area contributed by atoms with Gasteiger partial charge in [0.05, 0.1) is 12.7 Å². The number of benzene rings is 3. The summed E-state index contributed by atoms with van der Waals surface area (Å²) < 4.78 is 12.0. The van der Waals surface area contributed by atoms with E-state index >= 15 is 0 Å². The van der Waals surface area contributed by atoms with Gasteiger partial charge in [-0.3, -0.25) is 10.1 Å². The van der Waals surface area contributed by atoms with Crippen molar-refractivity contribution in [1.82, 2.24) is 10.3 Å². The predicted octanol–water partition coefficient (Wildman–Crippen LogP) is 5.39. The van der Waals surface area contributed by atoms with Crippen LogP contribution < -0.4 is 15.4 Å². The molecule has 8 heteroatoms. The van der Waals surface area contributed by atoms with Crippen LogP contribution in [-0.4, -0.2) is 23.1 Å². The Labute approximate surface area is 186 Å². The van der Waals surface area contributed by atoms with E-state index in [1.54, 1.807) is 36.4 Å². The lowest BCUT2D eigenvalue weighted by Gasteiger charge is -2.11. The minimum atomic E-state index is -0.357. The number of thiocarbonyl (C=S) groups is 1. The average Bonchev–Trinajstić information content (AvgIpc) is 3.17. The number of hydrogen-bond donors (Lipinski definition) is 2. The predicted molar refractivity (Wildman–Crippen MR) is 124 cm³/mol. The Bertz CT molecular complexity index is 1260. The molecule has 0 unspecified atom stereocenters. The lowest BCUT2D eigenvalue weighted by Crippen LogP contribution is -2.34. The van der Waals surface area contributed by atoms with Crippen molar-refractivity contribution in [3.8, 4) is 17.2 Å². The molecule has 4 rings (SSSR count). The molecule has 30 heavy (non-hydrogen) atoms. The topological polar surface area (TPSA) is 76.4 Å². The van der Waals surface area contributed by atoms with Gasteiger partial charge in [-0.2, -0.15) is 0 Å². The molecular weight excluding hydrogens is 466 g/mol. The van der Waals surface area contributed by atoms with Gasteiger partial charge in [-0.25, -0.2) is 4.98 Å². The molecule has 0 aliphatic rings. The number of nitrogens with one attached hydrogen (secondary N) is 2. The Morgan fingerprint density at radius 3 is 2.73 bits per heavy atom. The van der Waals surface area contributed by atoms with Gasteiger partial charge in [0.1, 0.15) is 11.3 Å². The molecule has 3 aromatic carbocycles. The molecule has 0 saturated heterocycles. The van der Waals surface area contributed by atoms with E-state index in [0.29, 0.717) is 34.0 Å². The second-order valence-electron chi connectivity index (χ2n) is 6.32. The van der Waals surface area contributed by atoms with Crippen molar-refractivity contribution in [2.75, 3.05) is 12.4 Å². The fraction of sp³-hybridized carbons (Fsp3) is 0.0455. The van der Waals surface area contributed by atoms with Crippen LogP contribution in [0.3, 0.4) is 0 Å². The maximum absolute atomic E-state index is 12.5.